The van der Waals surface area contributed by atoms with E-state index in [1.165, 1.54) is 12.5 Å². The summed E-state index contributed by atoms with van der Waals surface area (Å²) in [5.41, 5.74) is 3.31. The van der Waals surface area contributed by atoms with E-state index in [4.69, 9.17) is 14.3 Å². The van der Waals surface area contributed by atoms with Gasteiger partial charge in [0.1, 0.15) is 11.5 Å². The molecule has 0 fully saturated rings. The van der Waals surface area contributed by atoms with Crippen LogP contribution in [-0.4, -0.2) is 29.8 Å². The number of carboxylic acid groups (broad SMARTS) is 1. The highest BCUT2D eigenvalue weighted by molar-refractivity contribution is 5.95. The number of ether oxygens (including phenoxy) is 1. The summed E-state index contributed by atoms with van der Waals surface area (Å²) in [6.45, 7) is 1.22. The predicted octanol–water partition coefficient (Wildman–Crippen LogP) is 1.82. The number of aliphatic carboxylic acids is 1. The number of hydrazone groups is 1. The third-order valence-electron chi connectivity index (χ3n) is 2.74. The first-order valence-corrected chi connectivity index (χ1v) is 6.39. The Hall–Kier alpha value is -3.09. The van der Waals surface area contributed by atoms with Gasteiger partial charge in [-0.1, -0.05) is 12.1 Å². The fourth-order valence-corrected chi connectivity index (χ4v) is 1.70. The Morgan fingerprint density at radius 1 is 1.36 bits per heavy atom. The average molecular weight is 302 g/mol. The number of carbonyl (C=O) groups excluding carboxylic acids is 1. The number of benzene rings is 1. The molecule has 0 saturated carbocycles. The summed E-state index contributed by atoms with van der Waals surface area (Å²) >= 11 is 0. The van der Waals surface area contributed by atoms with E-state index >= 15 is 0 Å². The largest absolute Gasteiger partial charge is 0.481 e. The average Bonchev–Trinajstić information content (AvgIpc) is 2.92. The standard InChI is InChI=1S/C15H14N2O5/c1-10-12(6-7-21-10)15(20)17-16-8-11-4-2-3-5-13(11)22-9-14(18)19/h2-8H,9H2,1H3,(H,17,20)(H,18,19)/b16-8-. The zero-order chi connectivity index (χ0) is 15.9. The lowest BCUT2D eigenvalue weighted by Gasteiger charge is -2.06. The van der Waals surface area contributed by atoms with Crippen molar-refractivity contribution < 1.29 is 23.8 Å². The summed E-state index contributed by atoms with van der Waals surface area (Å²) in [5, 5.41) is 12.5. The molecule has 2 N–H and O–H groups in total. The van der Waals surface area contributed by atoms with E-state index in [-0.39, 0.29) is 0 Å². The number of amides is 1. The Balaban J connectivity index is 2.02. The number of nitrogens with zero attached hydrogens (tertiary/aromatic N) is 1. The normalized spacial score (nSPS) is 10.6. The molecule has 114 valence electrons. The molecule has 0 aliphatic heterocycles. The predicted molar refractivity (Wildman–Crippen MR) is 78.1 cm³/mol. The van der Waals surface area contributed by atoms with Crippen LogP contribution in [0.5, 0.6) is 5.75 Å². The van der Waals surface area contributed by atoms with Gasteiger partial charge in [0.15, 0.2) is 6.61 Å². The number of rotatable bonds is 6. The molecule has 0 bridgehead atoms. The van der Waals surface area contributed by atoms with Gasteiger partial charge in [-0.05, 0) is 25.1 Å². The second-order valence-electron chi connectivity index (χ2n) is 4.31. The number of para-hydroxylation sites is 1. The topological polar surface area (TPSA) is 101 Å². The number of aryl methyl sites for hydroxylation is 1. The molecule has 0 atom stereocenters. The molecule has 0 saturated heterocycles. The summed E-state index contributed by atoms with van der Waals surface area (Å²) in [6.07, 6.45) is 2.80. The molecule has 1 amide bonds. The Labute approximate surface area is 126 Å². The van der Waals surface area contributed by atoms with Gasteiger partial charge in [0, 0.05) is 5.56 Å². The molecule has 1 aromatic carbocycles. The minimum atomic E-state index is -1.07. The molecule has 0 aliphatic carbocycles. The summed E-state index contributed by atoms with van der Waals surface area (Å²) in [7, 11) is 0. The lowest BCUT2D eigenvalue weighted by molar-refractivity contribution is -0.139. The van der Waals surface area contributed by atoms with Crippen molar-refractivity contribution in [3.63, 3.8) is 0 Å². The first-order chi connectivity index (χ1) is 10.6. The van der Waals surface area contributed by atoms with Gasteiger partial charge in [-0.3, -0.25) is 4.79 Å². The Morgan fingerprint density at radius 2 is 2.14 bits per heavy atom. The SMILES string of the molecule is Cc1occc1C(=O)N/N=C\c1ccccc1OCC(=O)O. The molecule has 1 heterocycles. The third kappa shape index (κ3) is 3.95. The van der Waals surface area contributed by atoms with E-state index in [1.54, 1.807) is 37.3 Å². The fourth-order valence-electron chi connectivity index (χ4n) is 1.70. The maximum atomic E-state index is 11.8. The molecule has 0 radical (unpaired) electrons. The summed E-state index contributed by atoms with van der Waals surface area (Å²) in [5.74, 6) is -0.609. The highest BCUT2D eigenvalue weighted by atomic mass is 16.5. The van der Waals surface area contributed by atoms with Crippen molar-refractivity contribution in [1.82, 2.24) is 5.43 Å². The number of carboxylic acids is 1. The smallest absolute Gasteiger partial charge is 0.341 e. The molecule has 2 aromatic rings. The molecule has 0 aliphatic rings. The zero-order valence-electron chi connectivity index (χ0n) is 11.8. The number of nitrogens with one attached hydrogen (secondary N) is 1. The highest BCUT2D eigenvalue weighted by Crippen LogP contribution is 2.15. The van der Waals surface area contributed by atoms with E-state index in [9.17, 15) is 9.59 Å². The molecule has 22 heavy (non-hydrogen) atoms. The van der Waals surface area contributed by atoms with Crippen LogP contribution in [-0.2, 0) is 4.79 Å². The van der Waals surface area contributed by atoms with Crippen molar-refractivity contribution in [1.29, 1.82) is 0 Å². The zero-order valence-corrected chi connectivity index (χ0v) is 11.8. The van der Waals surface area contributed by atoms with Crippen LogP contribution in [0.3, 0.4) is 0 Å². The van der Waals surface area contributed by atoms with Crippen LogP contribution in [0.25, 0.3) is 0 Å². The minimum Gasteiger partial charge on any atom is -0.481 e. The molecular formula is C15H14N2O5. The van der Waals surface area contributed by atoms with Gasteiger partial charge in [-0.2, -0.15) is 5.10 Å². The van der Waals surface area contributed by atoms with Gasteiger partial charge in [0.25, 0.3) is 5.91 Å². The van der Waals surface area contributed by atoms with Crippen molar-refractivity contribution in [2.24, 2.45) is 5.10 Å². The van der Waals surface area contributed by atoms with Crippen LogP contribution in [0.4, 0.5) is 0 Å². The van der Waals surface area contributed by atoms with Crippen molar-refractivity contribution in [2.75, 3.05) is 6.61 Å². The molecule has 0 spiro atoms. The molecule has 1 aromatic heterocycles. The van der Waals surface area contributed by atoms with Crippen LogP contribution in [0.2, 0.25) is 0 Å². The number of hydrogen-bond acceptors (Lipinski definition) is 5. The third-order valence-corrected chi connectivity index (χ3v) is 2.74. The molecular weight excluding hydrogens is 288 g/mol. The lowest BCUT2D eigenvalue weighted by atomic mass is 10.2. The van der Waals surface area contributed by atoms with Gasteiger partial charge in [-0.15, -0.1) is 0 Å². The quantitative estimate of drug-likeness (QED) is 0.626. The maximum absolute atomic E-state index is 11.8. The van der Waals surface area contributed by atoms with Gasteiger partial charge < -0.3 is 14.3 Å². The van der Waals surface area contributed by atoms with Gasteiger partial charge in [-0.25, -0.2) is 10.2 Å². The molecule has 7 nitrogen and oxygen atoms in total. The van der Waals surface area contributed by atoms with E-state index in [2.05, 4.69) is 10.5 Å². The number of hydrogen-bond donors (Lipinski definition) is 2. The van der Waals surface area contributed by atoms with Gasteiger partial charge >= 0.3 is 5.97 Å². The number of furan rings is 1. The molecule has 0 unspecified atom stereocenters. The van der Waals surface area contributed by atoms with Crippen LogP contribution >= 0.6 is 0 Å². The Bertz CT molecular complexity index is 705. The van der Waals surface area contributed by atoms with Crippen LogP contribution in [0, 0.1) is 6.92 Å². The molecule has 7 heteroatoms. The van der Waals surface area contributed by atoms with Crippen molar-refractivity contribution in [2.45, 2.75) is 6.92 Å². The Morgan fingerprint density at radius 3 is 2.82 bits per heavy atom. The van der Waals surface area contributed by atoms with Crippen LogP contribution in [0.1, 0.15) is 21.7 Å². The van der Waals surface area contributed by atoms with E-state index < -0.39 is 18.5 Å². The van der Waals surface area contributed by atoms with Crippen LogP contribution < -0.4 is 10.2 Å². The fraction of sp³-hybridized carbons (Fsp3) is 0.133. The molecule has 2 rings (SSSR count). The van der Waals surface area contributed by atoms with Gasteiger partial charge in [0.2, 0.25) is 0 Å². The van der Waals surface area contributed by atoms with Crippen molar-refractivity contribution in [3.8, 4) is 5.75 Å². The monoisotopic (exact) mass is 302 g/mol. The van der Waals surface area contributed by atoms with Crippen LogP contribution in [0.15, 0.2) is 46.1 Å². The van der Waals surface area contributed by atoms with Gasteiger partial charge in [0.05, 0.1) is 18.0 Å². The first-order valence-electron chi connectivity index (χ1n) is 6.39. The second kappa shape index (κ2) is 7.07. The van der Waals surface area contributed by atoms with E-state index in [1.807, 2.05) is 0 Å². The van der Waals surface area contributed by atoms with E-state index in [0.717, 1.165) is 0 Å². The maximum Gasteiger partial charge on any atom is 0.341 e. The minimum absolute atomic E-state index is 0.363. The highest BCUT2D eigenvalue weighted by Gasteiger charge is 2.10. The first kappa shape index (κ1) is 15.3. The lowest BCUT2D eigenvalue weighted by Crippen LogP contribution is -2.18. The number of carbonyl (C=O) groups is 2. The van der Waals surface area contributed by atoms with E-state index in [0.29, 0.717) is 22.6 Å². The van der Waals surface area contributed by atoms with Crippen molar-refractivity contribution >= 4 is 18.1 Å². The van der Waals surface area contributed by atoms with Crippen molar-refractivity contribution in [3.05, 3.63) is 53.5 Å². The second-order valence-corrected chi connectivity index (χ2v) is 4.31. The summed E-state index contributed by atoms with van der Waals surface area (Å²) in [4.78, 5) is 22.3. The summed E-state index contributed by atoms with van der Waals surface area (Å²) < 4.78 is 10.2. The Kier molecular flexibility index (Phi) is 4.92. The summed E-state index contributed by atoms with van der Waals surface area (Å²) in [6, 6.07) is 8.31.